The Kier molecular flexibility index (Phi) is 4.58. The third-order valence-corrected chi connectivity index (χ3v) is 2.53. The fourth-order valence-corrected chi connectivity index (χ4v) is 1.65. The van der Waals surface area contributed by atoms with Gasteiger partial charge in [-0.2, -0.15) is 13.2 Å². The van der Waals surface area contributed by atoms with Crippen LogP contribution >= 0.6 is 0 Å². The van der Waals surface area contributed by atoms with Crippen LogP contribution in [0.25, 0.3) is 0 Å². The standard InChI is InChI=1S/C10H16F3NO2/c11-10(12,13)7-14(8-4-5-8)6-2-1-3-9(15)16/h8H,1-7H2,(H,15,16). The van der Waals surface area contributed by atoms with Crippen molar-refractivity contribution in [3.8, 4) is 0 Å². The number of aliphatic carboxylic acids is 1. The molecule has 3 nitrogen and oxygen atoms in total. The molecule has 0 amide bonds. The third-order valence-electron chi connectivity index (χ3n) is 2.53. The number of rotatable bonds is 7. The average molecular weight is 239 g/mol. The average Bonchev–Trinajstić information content (AvgIpc) is 2.90. The van der Waals surface area contributed by atoms with Crippen molar-refractivity contribution >= 4 is 5.97 Å². The van der Waals surface area contributed by atoms with Gasteiger partial charge < -0.3 is 5.11 Å². The second-order valence-corrected chi connectivity index (χ2v) is 4.17. The molecule has 1 saturated carbocycles. The summed E-state index contributed by atoms with van der Waals surface area (Å²) in [5, 5.41) is 8.39. The lowest BCUT2D eigenvalue weighted by Gasteiger charge is -2.23. The lowest BCUT2D eigenvalue weighted by atomic mass is 10.2. The number of carboxylic acid groups (broad SMARTS) is 1. The molecule has 0 atom stereocenters. The minimum absolute atomic E-state index is 0.0323. The zero-order chi connectivity index (χ0) is 12.2. The molecular formula is C10H16F3NO2. The molecule has 0 unspecified atom stereocenters. The van der Waals surface area contributed by atoms with Gasteiger partial charge >= 0.3 is 12.1 Å². The summed E-state index contributed by atoms with van der Waals surface area (Å²) in [4.78, 5) is 11.6. The van der Waals surface area contributed by atoms with E-state index in [2.05, 4.69) is 0 Å². The summed E-state index contributed by atoms with van der Waals surface area (Å²) in [6.45, 7) is -0.526. The van der Waals surface area contributed by atoms with Crippen molar-refractivity contribution in [3.63, 3.8) is 0 Å². The molecule has 0 aromatic rings. The maximum Gasteiger partial charge on any atom is 0.401 e. The van der Waals surface area contributed by atoms with Gasteiger partial charge in [0.15, 0.2) is 0 Å². The Balaban J connectivity index is 2.21. The number of alkyl halides is 3. The largest absolute Gasteiger partial charge is 0.481 e. The van der Waals surface area contributed by atoms with E-state index in [-0.39, 0.29) is 12.5 Å². The Bertz CT molecular complexity index is 239. The highest BCUT2D eigenvalue weighted by Gasteiger charge is 2.37. The molecular weight excluding hydrogens is 223 g/mol. The van der Waals surface area contributed by atoms with Crippen LogP contribution in [-0.4, -0.2) is 41.3 Å². The first-order valence-corrected chi connectivity index (χ1v) is 5.41. The van der Waals surface area contributed by atoms with Gasteiger partial charge in [0.1, 0.15) is 0 Å². The predicted molar refractivity (Wildman–Crippen MR) is 52.1 cm³/mol. The highest BCUT2D eigenvalue weighted by atomic mass is 19.4. The molecule has 0 aromatic heterocycles. The van der Waals surface area contributed by atoms with Crippen molar-refractivity contribution in [1.82, 2.24) is 4.90 Å². The van der Waals surface area contributed by atoms with Crippen molar-refractivity contribution in [2.24, 2.45) is 0 Å². The zero-order valence-corrected chi connectivity index (χ0v) is 8.96. The normalized spacial score (nSPS) is 16.8. The summed E-state index contributed by atoms with van der Waals surface area (Å²) >= 11 is 0. The summed E-state index contributed by atoms with van der Waals surface area (Å²) in [6.07, 6.45) is -1.51. The highest BCUT2D eigenvalue weighted by molar-refractivity contribution is 5.66. The van der Waals surface area contributed by atoms with E-state index in [1.165, 1.54) is 4.90 Å². The monoisotopic (exact) mass is 239 g/mol. The molecule has 0 aromatic carbocycles. The third kappa shape index (κ3) is 5.95. The minimum Gasteiger partial charge on any atom is -0.481 e. The summed E-state index contributed by atoms with van der Waals surface area (Å²) < 4.78 is 36.6. The Morgan fingerprint density at radius 3 is 2.38 bits per heavy atom. The van der Waals surface area contributed by atoms with Gasteiger partial charge in [0, 0.05) is 12.5 Å². The molecule has 0 saturated heterocycles. The number of unbranched alkanes of at least 4 members (excludes halogenated alkanes) is 1. The molecule has 1 aliphatic carbocycles. The maximum atomic E-state index is 12.2. The molecule has 6 heteroatoms. The van der Waals surface area contributed by atoms with Gasteiger partial charge in [-0.15, -0.1) is 0 Å². The van der Waals surface area contributed by atoms with E-state index in [9.17, 15) is 18.0 Å². The van der Waals surface area contributed by atoms with E-state index in [4.69, 9.17) is 5.11 Å². The smallest absolute Gasteiger partial charge is 0.401 e. The van der Waals surface area contributed by atoms with E-state index < -0.39 is 18.7 Å². The second kappa shape index (κ2) is 5.52. The van der Waals surface area contributed by atoms with Gasteiger partial charge in [0.2, 0.25) is 0 Å². The predicted octanol–water partition coefficient (Wildman–Crippen LogP) is 2.27. The highest BCUT2D eigenvalue weighted by Crippen LogP contribution is 2.30. The quantitative estimate of drug-likeness (QED) is 0.693. The molecule has 0 bridgehead atoms. The molecule has 1 N–H and O–H groups in total. The lowest BCUT2D eigenvalue weighted by Crippen LogP contribution is -2.36. The van der Waals surface area contributed by atoms with E-state index in [0.29, 0.717) is 19.4 Å². The number of hydrogen-bond donors (Lipinski definition) is 1. The van der Waals surface area contributed by atoms with Crippen LogP contribution < -0.4 is 0 Å². The van der Waals surface area contributed by atoms with E-state index in [1.807, 2.05) is 0 Å². The van der Waals surface area contributed by atoms with Crippen molar-refractivity contribution in [1.29, 1.82) is 0 Å². The minimum atomic E-state index is -4.16. The molecule has 1 aliphatic rings. The number of hydrogen-bond acceptors (Lipinski definition) is 2. The first-order chi connectivity index (χ1) is 7.38. The molecule has 0 aliphatic heterocycles. The topological polar surface area (TPSA) is 40.5 Å². The van der Waals surface area contributed by atoms with Gasteiger partial charge in [0.25, 0.3) is 0 Å². The molecule has 94 valence electrons. The van der Waals surface area contributed by atoms with Crippen LogP contribution in [-0.2, 0) is 4.79 Å². The molecule has 16 heavy (non-hydrogen) atoms. The van der Waals surface area contributed by atoms with Crippen molar-refractivity contribution in [2.45, 2.75) is 44.3 Å². The number of carbonyl (C=O) groups is 1. The van der Waals surface area contributed by atoms with Crippen LogP contribution in [0.3, 0.4) is 0 Å². The Morgan fingerprint density at radius 2 is 1.94 bits per heavy atom. The number of halogens is 3. The molecule has 0 heterocycles. The summed E-state index contributed by atoms with van der Waals surface area (Å²) in [7, 11) is 0. The first kappa shape index (κ1) is 13.3. The summed E-state index contributed by atoms with van der Waals surface area (Å²) in [5.41, 5.74) is 0. The first-order valence-electron chi connectivity index (χ1n) is 5.41. The van der Waals surface area contributed by atoms with E-state index >= 15 is 0 Å². The Hall–Kier alpha value is -0.780. The van der Waals surface area contributed by atoms with Crippen LogP contribution in [0.1, 0.15) is 32.1 Å². The second-order valence-electron chi connectivity index (χ2n) is 4.17. The number of nitrogens with zero attached hydrogens (tertiary/aromatic N) is 1. The van der Waals surface area contributed by atoms with Crippen molar-refractivity contribution in [3.05, 3.63) is 0 Å². The summed E-state index contributed by atoms with van der Waals surface area (Å²) in [6, 6.07) is 0.0615. The Labute approximate surface area is 92.2 Å². The van der Waals surface area contributed by atoms with Crippen molar-refractivity contribution in [2.75, 3.05) is 13.1 Å². The van der Waals surface area contributed by atoms with Gasteiger partial charge in [-0.25, -0.2) is 0 Å². The Morgan fingerprint density at radius 1 is 1.31 bits per heavy atom. The lowest BCUT2D eigenvalue weighted by molar-refractivity contribution is -0.147. The van der Waals surface area contributed by atoms with Gasteiger partial charge in [0.05, 0.1) is 6.54 Å². The molecule has 0 spiro atoms. The van der Waals surface area contributed by atoms with Crippen molar-refractivity contribution < 1.29 is 23.1 Å². The van der Waals surface area contributed by atoms with Gasteiger partial charge in [-0.05, 0) is 32.2 Å². The van der Waals surface area contributed by atoms with Crippen LogP contribution in [0, 0.1) is 0 Å². The zero-order valence-electron chi connectivity index (χ0n) is 8.96. The fourth-order valence-electron chi connectivity index (χ4n) is 1.65. The maximum absolute atomic E-state index is 12.2. The van der Waals surface area contributed by atoms with E-state index in [0.717, 1.165) is 12.8 Å². The van der Waals surface area contributed by atoms with Crippen LogP contribution in [0.5, 0.6) is 0 Å². The van der Waals surface area contributed by atoms with Crippen LogP contribution in [0.15, 0.2) is 0 Å². The van der Waals surface area contributed by atoms with Crippen LogP contribution in [0.2, 0.25) is 0 Å². The molecule has 0 radical (unpaired) electrons. The van der Waals surface area contributed by atoms with E-state index in [1.54, 1.807) is 0 Å². The fraction of sp³-hybridized carbons (Fsp3) is 0.900. The molecule has 1 fully saturated rings. The SMILES string of the molecule is O=C(O)CCCCN(CC(F)(F)F)C1CC1. The van der Waals surface area contributed by atoms with Crippen LogP contribution in [0.4, 0.5) is 13.2 Å². The summed E-state index contributed by atoms with van der Waals surface area (Å²) in [5.74, 6) is -0.895. The number of carboxylic acids is 1. The van der Waals surface area contributed by atoms with Gasteiger partial charge in [-0.3, -0.25) is 9.69 Å². The molecule has 1 rings (SSSR count). The van der Waals surface area contributed by atoms with Gasteiger partial charge in [-0.1, -0.05) is 0 Å².